The molecule has 0 unspecified atom stereocenters. The van der Waals surface area contributed by atoms with Crippen LogP contribution in [-0.2, 0) is 16.0 Å². The third-order valence-corrected chi connectivity index (χ3v) is 3.39. The van der Waals surface area contributed by atoms with Gasteiger partial charge in [-0.05, 0) is 24.3 Å². The lowest BCUT2D eigenvalue weighted by Crippen LogP contribution is -2.37. The van der Waals surface area contributed by atoms with Crippen molar-refractivity contribution in [1.29, 1.82) is 5.26 Å². The lowest BCUT2D eigenvalue weighted by Gasteiger charge is -2.21. The van der Waals surface area contributed by atoms with Crippen molar-refractivity contribution in [2.45, 2.75) is 6.54 Å². The predicted molar refractivity (Wildman–Crippen MR) is 90.3 cm³/mol. The summed E-state index contributed by atoms with van der Waals surface area (Å²) in [5.74, 6) is -0.429. The molecule has 1 aromatic heterocycles. The number of anilines is 1. The highest BCUT2D eigenvalue weighted by atomic mass is 16.5. The minimum Gasteiger partial charge on any atom is -0.464 e. The topological polar surface area (TPSA) is 118 Å². The van der Waals surface area contributed by atoms with Crippen LogP contribution in [0.3, 0.4) is 0 Å². The van der Waals surface area contributed by atoms with Gasteiger partial charge in [0.25, 0.3) is 0 Å². The number of aromatic nitrogens is 1. The molecule has 0 spiro atoms. The number of rotatable bonds is 7. The summed E-state index contributed by atoms with van der Waals surface area (Å²) in [5.41, 5.74) is 1.06. The number of ether oxygens (including phenoxy) is 2. The van der Waals surface area contributed by atoms with E-state index in [0.717, 1.165) is 0 Å². The maximum Gasteiger partial charge on any atom is 0.360 e. The standard InChI is InChI=1S/C17H18N4O5/c1-24-8-7-21(10-15-20-14(11-26-15)16(22)25-2)17(23)19-13-5-3-12(9-18)4-6-13/h3-6,11H,7-8,10H2,1-2H3,(H,19,23). The quantitative estimate of drug-likeness (QED) is 0.752. The van der Waals surface area contributed by atoms with E-state index in [4.69, 9.17) is 14.4 Å². The molecule has 0 saturated carbocycles. The van der Waals surface area contributed by atoms with Crippen LogP contribution in [0.4, 0.5) is 10.5 Å². The second-order valence-corrected chi connectivity index (χ2v) is 5.15. The van der Waals surface area contributed by atoms with Crippen LogP contribution < -0.4 is 5.32 Å². The molecular weight excluding hydrogens is 340 g/mol. The lowest BCUT2D eigenvalue weighted by atomic mass is 10.2. The zero-order valence-electron chi connectivity index (χ0n) is 14.4. The maximum atomic E-state index is 12.5. The molecule has 0 fully saturated rings. The van der Waals surface area contributed by atoms with Crippen molar-refractivity contribution in [3.05, 3.63) is 47.7 Å². The predicted octanol–water partition coefficient (Wildman–Crippen LogP) is 2.01. The first-order chi connectivity index (χ1) is 12.6. The fourth-order valence-corrected chi connectivity index (χ4v) is 2.03. The van der Waals surface area contributed by atoms with E-state index in [1.54, 1.807) is 24.3 Å². The summed E-state index contributed by atoms with van der Waals surface area (Å²) in [4.78, 5) is 29.4. The van der Waals surface area contributed by atoms with Gasteiger partial charge in [0.05, 0.1) is 31.9 Å². The van der Waals surface area contributed by atoms with Crippen LogP contribution in [0.25, 0.3) is 0 Å². The molecule has 0 bridgehead atoms. The van der Waals surface area contributed by atoms with Gasteiger partial charge in [0, 0.05) is 19.3 Å². The zero-order valence-corrected chi connectivity index (χ0v) is 14.4. The lowest BCUT2D eigenvalue weighted by molar-refractivity contribution is 0.0594. The molecular formula is C17H18N4O5. The molecule has 1 aromatic carbocycles. The molecule has 9 nitrogen and oxygen atoms in total. The monoisotopic (exact) mass is 358 g/mol. The Labute approximate surface area is 150 Å². The van der Waals surface area contributed by atoms with Crippen LogP contribution in [0, 0.1) is 11.3 Å². The average Bonchev–Trinajstić information content (AvgIpc) is 3.13. The second kappa shape index (κ2) is 9.19. The number of urea groups is 1. The SMILES string of the molecule is COCCN(Cc1nc(C(=O)OC)co1)C(=O)Nc1ccc(C#N)cc1. The first kappa shape index (κ1) is 19.0. The number of nitrogens with one attached hydrogen (secondary N) is 1. The van der Waals surface area contributed by atoms with E-state index in [2.05, 4.69) is 15.0 Å². The van der Waals surface area contributed by atoms with Crippen molar-refractivity contribution < 1.29 is 23.5 Å². The van der Waals surface area contributed by atoms with Crippen molar-refractivity contribution in [2.24, 2.45) is 0 Å². The molecule has 2 aromatic rings. The van der Waals surface area contributed by atoms with Gasteiger partial charge in [0.15, 0.2) is 5.69 Å². The van der Waals surface area contributed by atoms with Gasteiger partial charge < -0.3 is 24.1 Å². The number of benzene rings is 1. The molecule has 26 heavy (non-hydrogen) atoms. The molecule has 0 aliphatic carbocycles. The van der Waals surface area contributed by atoms with E-state index >= 15 is 0 Å². The number of methoxy groups -OCH3 is 2. The van der Waals surface area contributed by atoms with E-state index in [9.17, 15) is 9.59 Å². The summed E-state index contributed by atoms with van der Waals surface area (Å²) in [7, 11) is 2.77. The van der Waals surface area contributed by atoms with E-state index < -0.39 is 12.0 Å². The number of nitriles is 1. The Morgan fingerprint density at radius 1 is 1.31 bits per heavy atom. The second-order valence-electron chi connectivity index (χ2n) is 5.15. The molecule has 1 heterocycles. The fraction of sp³-hybridized carbons (Fsp3) is 0.294. The van der Waals surface area contributed by atoms with Crippen LogP contribution >= 0.6 is 0 Å². The van der Waals surface area contributed by atoms with Crippen LogP contribution in [0.5, 0.6) is 0 Å². The van der Waals surface area contributed by atoms with Gasteiger partial charge in [-0.15, -0.1) is 0 Å². The largest absolute Gasteiger partial charge is 0.464 e. The van der Waals surface area contributed by atoms with Crippen LogP contribution in [0.1, 0.15) is 21.9 Å². The van der Waals surface area contributed by atoms with Crippen molar-refractivity contribution in [3.8, 4) is 6.07 Å². The van der Waals surface area contributed by atoms with Gasteiger partial charge in [-0.3, -0.25) is 0 Å². The van der Waals surface area contributed by atoms with E-state index in [1.165, 1.54) is 25.4 Å². The molecule has 0 radical (unpaired) electrons. The maximum absolute atomic E-state index is 12.5. The van der Waals surface area contributed by atoms with Gasteiger partial charge in [-0.25, -0.2) is 14.6 Å². The molecule has 9 heteroatoms. The number of carbonyl (C=O) groups is 2. The Hall–Kier alpha value is -3.38. The van der Waals surface area contributed by atoms with Gasteiger partial charge in [-0.1, -0.05) is 0 Å². The van der Waals surface area contributed by atoms with Crippen molar-refractivity contribution in [3.63, 3.8) is 0 Å². The summed E-state index contributed by atoms with van der Waals surface area (Å²) >= 11 is 0. The Kier molecular flexibility index (Phi) is 6.70. The highest BCUT2D eigenvalue weighted by molar-refractivity contribution is 5.89. The summed E-state index contributed by atoms with van der Waals surface area (Å²) in [6.07, 6.45) is 1.17. The average molecular weight is 358 g/mol. The molecule has 0 aliphatic heterocycles. The summed E-state index contributed by atoms with van der Waals surface area (Å²) in [6, 6.07) is 8.08. The summed E-state index contributed by atoms with van der Waals surface area (Å²) < 4.78 is 14.8. The van der Waals surface area contributed by atoms with Gasteiger partial charge in [0.2, 0.25) is 5.89 Å². The number of oxazole rings is 1. The molecule has 1 N–H and O–H groups in total. The minimum atomic E-state index is -0.620. The highest BCUT2D eigenvalue weighted by Gasteiger charge is 2.19. The smallest absolute Gasteiger partial charge is 0.360 e. The molecule has 0 atom stereocenters. The van der Waals surface area contributed by atoms with Crippen molar-refractivity contribution >= 4 is 17.7 Å². The third-order valence-electron chi connectivity index (χ3n) is 3.39. The Bertz CT molecular complexity index is 794. The Balaban J connectivity index is 2.07. The number of nitrogens with zero attached hydrogens (tertiary/aromatic N) is 3. The number of amides is 2. The first-order valence-electron chi connectivity index (χ1n) is 7.65. The van der Waals surface area contributed by atoms with Gasteiger partial charge >= 0.3 is 12.0 Å². The van der Waals surface area contributed by atoms with Crippen molar-refractivity contribution in [1.82, 2.24) is 9.88 Å². The molecule has 0 aliphatic rings. The summed E-state index contributed by atoms with van der Waals surface area (Å²) in [6.45, 7) is 0.641. The van der Waals surface area contributed by atoms with Gasteiger partial charge in [0.1, 0.15) is 6.26 Å². The molecule has 2 rings (SSSR count). The highest BCUT2D eigenvalue weighted by Crippen LogP contribution is 2.12. The number of esters is 1. The van der Waals surface area contributed by atoms with E-state index in [1.807, 2.05) is 6.07 Å². The fourth-order valence-electron chi connectivity index (χ4n) is 2.03. The minimum absolute atomic E-state index is 0.0293. The van der Waals surface area contributed by atoms with Crippen LogP contribution in [0.2, 0.25) is 0 Å². The molecule has 0 saturated heterocycles. The zero-order chi connectivity index (χ0) is 18.9. The van der Waals surface area contributed by atoms with Gasteiger partial charge in [-0.2, -0.15) is 5.26 Å². The molecule has 2 amide bonds. The van der Waals surface area contributed by atoms with Crippen LogP contribution in [-0.4, -0.2) is 49.3 Å². The Morgan fingerprint density at radius 3 is 2.65 bits per heavy atom. The third kappa shape index (κ3) is 5.06. The molecule has 136 valence electrons. The van der Waals surface area contributed by atoms with Crippen molar-refractivity contribution in [2.75, 3.05) is 32.7 Å². The van der Waals surface area contributed by atoms with Crippen LogP contribution in [0.15, 0.2) is 34.9 Å². The number of hydrogen-bond donors (Lipinski definition) is 1. The van der Waals surface area contributed by atoms with E-state index in [-0.39, 0.29) is 24.7 Å². The van der Waals surface area contributed by atoms with E-state index in [0.29, 0.717) is 17.9 Å². The normalized spacial score (nSPS) is 10.0. The summed E-state index contributed by atoms with van der Waals surface area (Å²) in [5, 5.41) is 11.5. The Morgan fingerprint density at radius 2 is 2.04 bits per heavy atom. The number of carbonyl (C=O) groups excluding carboxylic acids is 2. The first-order valence-corrected chi connectivity index (χ1v) is 7.65. The number of hydrogen-bond acceptors (Lipinski definition) is 7.